The van der Waals surface area contributed by atoms with Crippen LogP contribution in [0.4, 0.5) is 15.9 Å². The predicted molar refractivity (Wildman–Crippen MR) is 160 cm³/mol. The number of aromatic nitrogens is 3. The molecule has 0 saturated heterocycles. The zero-order valence-electron chi connectivity index (χ0n) is 23.3. The van der Waals surface area contributed by atoms with Crippen LogP contribution in [0.5, 0.6) is 0 Å². The highest BCUT2D eigenvalue weighted by molar-refractivity contribution is 5.99. The number of nitrogens with zero attached hydrogens (tertiary/aromatic N) is 4. The topological polar surface area (TPSA) is 105 Å². The molecular weight excluding hydrogens is 535 g/mol. The zero-order valence-corrected chi connectivity index (χ0v) is 23.3. The molecule has 1 atom stereocenters. The monoisotopic (exact) mass is 566 g/mol. The van der Waals surface area contributed by atoms with E-state index < -0.39 is 0 Å². The van der Waals surface area contributed by atoms with Crippen molar-refractivity contribution in [1.29, 1.82) is 0 Å². The third kappa shape index (κ3) is 7.62. The molecule has 2 aromatic heterocycles. The average Bonchev–Trinajstić information content (AvgIpc) is 3.43. The van der Waals surface area contributed by atoms with Crippen LogP contribution in [0.1, 0.15) is 17.2 Å². The minimum Gasteiger partial charge on any atom is -0.417 e. The van der Waals surface area contributed by atoms with Crippen molar-refractivity contribution in [3.63, 3.8) is 0 Å². The summed E-state index contributed by atoms with van der Waals surface area (Å²) in [7, 11) is 3.87. The fourth-order valence-corrected chi connectivity index (χ4v) is 4.23. The van der Waals surface area contributed by atoms with E-state index in [1.165, 1.54) is 24.5 Å². The molecule has 0 aliphatic rings. The summed E-state index contributed by atoms with van der Waals surface area (Å²) in [5.74, 6) is 0.360. The van der Waals surface area contributed by atoms with Crippen LogP contribution >= 0.6 is 0 Å². The Balaban J connectivity index is 1.31. The standard InChI is InChI=1S/C32H31FN6O3/c1-39(2)17-7-12-28(40)36-26-15-13-24(14-16-26)31-38-29-30(34-21-35-32(29)42-31)37-27(23-9-4-3-5-10-23)20-41-19-22-8-6-11-25(33)18-22/h3-16,18,21,27H,17,19-20H2,1-2H3,(H,36,40)(H,34,35,37)/t27-/m1/s1. The number of nitrogens with one attached hydrogen (secondary N) is 2. The lowest BCUT2D eigenvalue weighted by molar-refractivity contribution is -0.111. The van der Waals surface area contributed by atoms with Gasteiger partial charge in [-0.15, -0.1) is 0 Å². The van der Waals surface area contributed by atoms with Crippen molar-refractivity contribution in [2.75, 3.05) is 37.9 Å². The molecule has 3 aromatic carbocycles. The van der Waals surface area contributed by atoms with Gasteiger partial charge in [0.25, 0.3) is 5.71 Å². The van der Waals surface area contributed by atoms with E-state index >= 15 is 0 Å². The predicted octanol–water partition coefficient (Wildman–Crippen LogP) is 5.85. The molecule has 42 heavy (non-hydrogen) atoms. The van der Waals surface area contributed by atoms with Crippen LogP contribution in [0.2, 0.25) is 0 Å². The maximum atomic E-state index is 13.6. The number of carbonyl (C=O) groups excluding carboxylic acids is 1. The summed E-state index contributed by atoms with van der Waals surface area (Å²) >= 11 is 0. The Hall–Kier alpha value is -4.93. The van der Waals surface area contributed by atoms with Crippen LogP contribution in [0.15, 0.2) is 102 Å². The molecule has 0 spiro atoms. The summed E-state index contributed by atoms with van der Waals surface area (Å²) in [6.45, 7) is 1.24. The Morgan fingerprint density at radius 1 is 1.05 bits per heavy atom. The number of benzene rings is 3. The molecule has 1 amide bonds. The van der Waals surface area contributed by atoms with Gasteiger partial charge in [0.05, 0.1) is 19.3 Å². The first-order valence-electron chi connectivity index (χ1n) is 13.4. The molecule has 10 heteroatoms. The first-order chi connectivity index (χ1) is 20.4. The van der Waals surface area contributed by atoms with Crippen molar-refractivity contribution >= 4 is 28.6 Å². The third-order valence-corrected chi connectivity index (χ3v) is 6.29. The number of rotatable bonds is 12. The van der Waals surface area contributed by atoms with Crippen molar-refractivity contribution in [2.45, 2.75) is 12.6 Å². The number of hydrogen-bond acceptors (Lipinski definition) is 8. The van der Waals surface area contributed by atoms with Gasteiger partial charge < -0.3 is 24.7 Å². The fourth-order valence-electron chi connectivity index (χ4n) is 4.23. The third-order valence-electron chi connectivity index (χ3n) is 6.29. The minimum atomic E-state index is -0.300. The number of oxazole rings is 1. The number of anilines is 2. The van der Waals surface area contributed by atoms with Gasteiger partial charge in [-0.1, -0.05) is 48.5 Å². The number of hydrogen-bond donors (Lipinski definition) is 2. The highest BCUT2D eigenvalue weighted by Gasteiger charge is 2.18. The van der Waals surface area contributed by atoms with Gasteiger partial charge in [-0.2, -0.15) is 4.98 Å². The van der Waals surface area contributed by atoms with Crippen LogP contribution in [0.25, 0.3) is 22.7 Å². The number of fused-ring (bicyclic) bond motifs is 1. The number of likely N-dealkylation sites (N-methyl/N-ethyl adjacent to an activating group) is 1. The van der Waals surface area contributed by atoms with Crippen molar-refractivity contribution in [3.8, 4) is 11.5 Å². The van der Waals surface area contributed by atoms with E-state index in [4.69, 9.17) is 9.15 Å². The quantitative estimate of drug-likeness (QED) is 0.181. The average molecular weight is 567 g/mol. The summed E-state index contributed by atoms with van der Waals surface area (Å²) in [6, 6.07) is 23.1. The van der Waals surface area contributed by atoms with Crippen LogP contribution < -0.4 is 10.6 Å². The van der Waals surface area contributed by atoms with Gasteiger partial charge in [0.15, 0.2) is 11.3 Å². The molecule has 0 radical (unpaired) electrons. The first kappa shape index (κ1) is 28.6. The molecule has 0 aliphatic heterocycles. The molecule has 5 aromatic rings. The van der Waals surface area contributed by atoms with E-state index in [-0.39, 0.29) is 24.4 Å². The Morgan fingerprint density at radius 3 is 2.62 bits per heavy atom. The second-order valence-electron chi connectivity index (χ2n) is 9.88. The van der Waals surface area contributed by atoms with E-state index in [2.05, 4.69) is 25.6 Å². The second kappa shape index (κ2) is 13.6. The van der Waals surface area contributed by atoms with E-state index in [1.54, 1.807) is 24.3 Å². The molecule has 0 unspecified atom stereocenters. The normalized spacial score (nSPS) is 12.2. The lowest BCUT2D eigenvalue weighted by Crippen LogP contribution is -2.18. The summed E-state index contributed by atoms with van der Waals surface area (Å²) in [4.78, 5) is 27.5. The lowest BCUT2D eigenvalue weighted by Gasteiger charge is -2.20. The molecule has 9 nitrogen and oxygen atoms in total. The fraction of sp³-hybridized carbons (Fsp3) is 0.188. The number of halogens is 1. The Kier molecular flexibility index (Phi) is 9.27. The smallest absolute Gasteiger partial charge is 0.252 e. The van der Waals surface area contributed by atoms with E-state index in [0.29, 0.717) is 41.8 Å². The molecule has 5 rings (SSSR count). The molecule has 214 valence electrons. The largest absolute Gasteiger partial charge is 0.417 e. The summed E-state index contributed by atoms with van der Waals surface area (Å²) in [6.07, 6.45) is 4.72. The Bertz CT molecular complexity index is 1650. The Morgan fingerprint density at radius 2 is 1.86 bits per heavy atom. The highest BCUT2D eigenvalue weighted by Crippen LogP contribution is 2.29. The van der Waals surface area contributed by atoms with Gasteiger partial charge in [0, 0.05) is 23.9 Å². The molecule has 0 fully saturated rings. The molecule has 2 heterocycles. The van der Waals surface area contributed by atoms with Gasteiger partial charge in [-0.05, 0) is 61.6 Å². The molecule has 0 bridgehead atoms. The van der Waals surface area contributed by atoms with Crippen molar-refractivity contribution in [1.82, 2.24) is 19.9 Å². The van der Waals surface area contributed by atoms with Crippen molar-refractivity contribution in [3.05, 3.63) is 114 Å². The minimum absolute atomic E-state index is 0.203. The van der Waals surface area contributed by atoms with Crippen LogP contribution in [-0.2, 0) is 16.1 Å². The molecule has 0 aliphatic carbocycles. The lowest BCUT2D eigenvalue weighted by atomic mass is 10.1. The second-order valence-corrected chi connectivity index (χ2v) is 9.88. The van der Waals surface area contributed by atoms with Gasteiger partial charge >= 0.3 is 0 Å². The van der Waals surface area contributed by atoms with Crippen LogP contribution in [0, 0.1) is 5.82 Å². The Labute approximate surface area is 243 Å². The SMILES string of the molecule is CN(C)CC=CC(=O)Nc1ccc(-c2nc3c(N[C@H](COCc4cccc(F)c4)c4ccccc4)ncnc3o2)cc1. The van der Waals surface area contributed by atoms with Crippen LogP contribution in [0.3, 0.4) is 0 Å². The summed E-state index contributed by atoms with van der Waals surface area (Å²) in [5.41, 5.74) is 3.92. The summed E-state index contributed by atoms with van der Waals surface area (Å²) < 4.78 is 25.5. The first-order valence-corrected chi connectivity index (χ1v) is 13.4. The number of carbonyl (C=O) groups is 1. The zero-order chi connectivity index (χ0) is 29.3. The van der Waals surface area contributed by atoms with Gasteiger partial charge in [0.1, 0.15) is 12.1 Å². The number of ether oxygens (including phenoxy) is 1. The molecule has 0 saturated carbocycles. The van der Waals surface area contributed by atoms with Crippen molar-refractivity contribution in [2.24, 2.45) is 0 Å². The highest BCUT2D eigenvalue weighted by atomic mass is 19.1. The van der Waals surface area contributed by atoms with E-state index in [0.717, 1.165) is 16.7 Å². The van der Waals surface area contributed by atoms with Crippen LogP contribution in [-0.4, -0.2) is 53.0 Å². The van der Waals surface area contributed by atoms with Gasteiger partial charge in [0.2, 0.25) is 11.8 Å². The number of amides is 1. The molecule has 2 N–H and O–H groups in total. The van der Waals surface area contributed by atoms with Gasteiger partial charge in [-0.25, -0.2) is 14.4 Å². The van der Waals surface area contributed by atoms with E-state index in [1.807, 2.05) is 67.5 Å². The maximum absolute atomic E-state index is 13.6. The van der Waals surface area contributed by atoms with Gasteiger partial charge in [-0.3, -0.25) is 4.79 Å². The maximum Gasteiger partial charge on any atom is 0.252 e. The summed E-state index contributed by atoms with van der Waals surface area (Å²) in [5, 5.41) is 6.26. The van der Waals surface area contributed by atoms with Crippen molar-refractivity contribution < 1.29 is 18.3 Å². The molecular formula is C32H31FN6O3. The van der Waals surface area contributed by atoms with E-state index in [9.17, 15) is 9.18 Å².